The van der Waals surface area contributed by atoms with Gasteiger partial charge < -0.3 is 4.74 Å². The van der Waals surface area contributed by atoms with Gasteiger partial charge in [0.2, 0.25) is 12.3 Å². The second-order valence-corrected chi connectivity index (χ2v) is 2.30. The lowest BCUT2D eigenvalue weighted by Gasteiger charge is -2.01. The molecule has 0 unspecified atom stereocenters. The van der Waals surface area contributed by atoms with Crippen LogP contribution in [0, 0.1) is 0 Å². The standard InChI is InChI=1S/C8H9F2NO/c1-12-8-5-6(2-3-11-8)4-7(9)10/h2-3,5,7H,4H2,1H3. The number of ether oxygens (including phenoxy) is 1. The summed E-state index contributed by atoms with van der Waals surface area (Å²) in [4.78, 5) is 3.80. The van der Waals surface area contributed by atoms with Crippen LogP contribution in [0.25, 0.3) is 0 Å². The zero-order chi connectivity index (χ0) is 8.97. The van der Waals surface area contributed by atoms with Gasteiger partial charge in [0, 0.05) is 18.7 Å². The fraction of sp³-hybridized carbons (Fsp3) is 0.375. The van der Waals surface area contributed by atoms with Gasteiger partial charge in [-0.1, -0.05) is 0 Å². The van der Waals surface area contributed by atoms with Crippen molar-refractivity contribution in [3.05, 3.63) is 23.9 Å². The van der Waals surface area contributed by atoms with Gasteiger partial charge in [-0.25, -0.2) is 13.8 Å². The third kappa shape index (κ3) is 2.45. The summed E-state index contributed by atoms with van der Waals surface area (Å²) >= 11 is 0. The number of alkyl halides is 2. The highest BCUT2D eigenvalue weighted by Crippen LogP contribution is 2.11. The molecule has 0 atom stereocenters. The average molecular weight is 173 g/mol. The molecule has 0 amide bonds. The lowest BCUT2D eigenvalue weighted by molar-refractivity contribution is 0.149. The maximum Gasteiger partial charge on any atom is 0.242 e. The number of hydrogen-bond acceptors (Lipinski definition) is 2. The lowest BCUT2D eigenvalue weighted by atomic mass is 10.2. The van der Waals surface area contributed by atoms with Gasteiger partial charge in [0.15, 0.2) is 0 Å². The molecule has 4 heteroatoms. The molecule has 66 valence electrons. The average Bonchev–Trinajstić information content (AvgIpc) is 2.03. The van der Waals surface area contributed by atoms with Gasteiger partial charge in [0.1, 0.15) is 0 Å². The molecule has 0 saturated heterocycles. The van der Waals surface area contributed by atoms with Crippen molar-refractivity contribution in [2.45, 2.75) is 12.8 Å². The Bertz CT molecular complexity index is 253. The second kappa shape index (κ2) is 3.99. The summed E-state index contributed by atoms with van der Waals surface area (Å²) in [5.41, 5.74) is 0.539. The Kier molecular flexibility index (Phi) is 2.96. The first-order chi connectivity index (χ1) is 5.72. The molecule has 0 aliphatic heterocycles. The normalized spacial score (nSPS) is 10.3. The number of hydrogen-bond donors (Lipinski definition) is 0. The van der Waals surface area contributed by atoms with E-state index in [-0.39, 0.29) is 6.42 Å². The molecule has 0 aliphatic rings. The molecule has 0 aliphatic carbocycles. The summed E-state index contributed by atoms with van der Waals surface area (Å²) in [5.74, 6) is 0.369. The van der Waals surface area contributed by atoms with Crippen molar-refractivity contribution in [1.82, 2.24) is 4.98 Å². The van der Waals surface area contributed by atoms with E-state index < -0.39 is 6.43 Å². The van der Waals surface area contributed by atoms with Crippen LogP contribution in [0.1, 0.15) is 5.56 Å². The summed E-state index contributed by atoms with van der Waals surface area (Å²) < 4.78 is 28.6. The van der Waals surface area contributed by atoms with Crippen LogP contribution in [0.2, 0.25) is 0 Å². The van der Waals surface area contributed by atoms with E-state index in [9.17, 15) is 8.78 Å². The largest absolute Gasteiger partial charge is 0.481 e. The van der Waals surface area contributed by atoms with Crippen LogP contribution in [0.3, 0.4) is 0 Å². The van der Waals surface area contributed by atoms with E-state index in [1.807, 2.05) is 0 Å². The van der Waals surface area contributed by atoms with Crippen molar-refractivity contribution >= 4 is 0 Å². The van der Waals surface area contributed by atoms with Crippen molar-refractivity contribution in [2.75, 3.05) is 7.11 Å². The first kappa shape index (κ1) is 8.90. The summed E-state index contributed by atoms with van der Waals surface area (Å²) in [5, 5.41) is 0. The van der Waals surface area contributed by atoms with Crippen LogP contribution in [0.15, 0.2) is 18.3 Å². The number of halogens is 2. The molecule has 0 saturated carbocycles. The first-order valence-corrected chi connectivity index (χ1v) is 3.49. The van der Waals surface area contributed by atoms with E-state index in [2.05, 4.69) is 4.98 Å². The highest BCUT2D eigenvalue weighted by Gasteiger charge is 2.04. The molecular formula is C8H9F2NO. The van der Waals surface area contributed by atoms with Crippen LogP contribution in [-0.2, 0) is 6.42 Å². The molecule has 0 N–H and O–H groups in total. The van der Waals surface area contributed by atoms with Gasteiger partial charge in [-0.2, -0.15) is 0 Å². The molecule has 1 aromatic rings. The van der Waals surface area contributed by atoms with E-state index in [1.54, 1.807) is 6.07 Å². The quantitative estimate of drug-likeness (QED) is 0.696. The summed E-state index contributed by atoms with van der Waals surface area (Å²) in [6, 6.07) is 3.06. The minimum absolute atomic E-state index is 0.251. The highest BCUT2D eigenvalue weighted by atomic mass is 19.3. The number of aromatic nitrogens is 1. The summed E-state index contributed by atoms with van der Waals surface area (Å²) in [6.45, 7) is 0. The van der Waals surface area contributed by atoms with Crippen LogP contribution >= 0.6 is 0 Å². The van der Waals surface area contributed by atoms with E-state index >= 15 is 0 Å². The lowest BCUT2D eigenvalue weighted by Crippen LogP contribution is -1.97. The summed E-state index contributed by atoms with van der Waals surface area (Å²) in [6.07, 6.45) is -1.12. The number of rotatable bonds is 3. The highest BCUT2D eigenvalue weighted by molar-refractivity contribution is 5.20. The van der Waals surface area contributed by atoms with Crippen molar-refractivity contribution < 1.29 is 13.5 Å². The number of nitrogens with zero attached hydrogens (tertiary/aromatic N) is 1. The van der Waals surface area contributed by atoms with Crippen molar-refractivity contribution in [3.63, 3.8) is 0 Å². The Morgan fingerprint density at radius 2 is 2.33 bits per heavy atom. The molecule has 0 fully saturated rings. The van der Waals surface area contributed by atoms with E-state index in [0.29, 0.717) is 11.4 Å². The molecule has 2 nitrogen and oxygen atoms in total. The molecule has 0 bridgehead atoms. The predicted molar refractivity (Wildman–Crippen MR) is 40.5 cm³/mol. The molecular weight excluding hydrogens is 164 g/mol. The molecule has 0 spiro atoms. The minimum atomic E-state index is -2.32. The van der Waals surface area contributed by atoms with Gasteiger partial charge in [-0.05, 0) is 11.6 Å². The SMILES string of the molecule is COc1cc(CC(F)F)ccn1. The monoisotopic (exact) mass is 173 g/mol. The van der Waals surface area contributed by atoms with Crippen molar-refractivity contribution in [3.8, 4) is 5.88 Å². The van der Waals surface area contributed by atoms with Gasteiger partial charge in [-0.3, -0.25) is 0 Å². The Morgan fingerprint density at radius 3 is 2.92 bits per heavy atom. The maximum absolute atomic E-state index is 11.9. The topological polar surface area (TPSA) is 22.1 Å². The Morgan fingerprint density at radius 1 is 1.58 bits per heavy atom. The van der Waals surface area contributed by atoms with E-state index in [0.717, 1.165) is 0 Å². The van der Waals surface area contributed by atoms with Gasteiger partial charge in [0.25, 0.3) is 0 Å². The molecule has 1 aromatic heterocycles. The molecule has 1 rings (SSSR count). The third-order valence-electron chi connectivity index (χ3n) is 1.40. The van der Waals surface area contributed by atoms with Crippen molar-refractivity contribution in [1.29, 1.82) is 0 Å². The predicted octanol–water partition coefficient (Wildman–Crippen LogP) is 1.90. The van der Waals surface area contributed by atoms with E-state index in [4.69, 9.17) is 4.74 Å². The van der Waals surface area contributed by atoms with Gasteiger partial charge >= 0.3 is 0 Å². The molecule has 1 heterocycles. The van der Waals surface area contributed by atoms with Gasteiger partial charge in [-0.15, -0.1) is 0 Å². The van der Waals surface area contributed by atoms with Crippen LogP contribution in [0.5, 0.6) is 5.88 Å². The summed E-state index contributed by atoms with van der Waals surface area (Å²) in [7, 11) is 1.45. The smallest absolute Gasteiger partial charge is 0.242 e. The number of methoxy groups -OCH3 is 1. The number of pyridine rings is 1. The first-order valence-electron chi connectivity index (χ1n) is 3.49. The second-order valence-electron chi connectivity index (χ2n) is 2.30. The van der Waals surface area contributed by atoms with E-state index in [1.165, 1.54) is 19.4 Å². The Labute approximate surface area is 69.2 Å². The zero-order valence-corrected chi connectivity index (χ0v) is 6.63. The van der Waals surface area contributed by atoms with Crippen LogP contribution in [-0.4, -0.2) is 18.5 Å². The van der Waals surface area contributed by atoms with Crippen LogP contribution < -0.4 is 4.74 Å². The fourth-order valence-electron chi connectivity index (χ4n) is 0.867. The Balaban J connectivity index is 2.72. The maximum atomic E-state index is 11.9. The zero-order valence-electron chi connectivity index (χ0n) is 6.63. The molecule has 0 radical (unpaired) electrons. The minimum Gasteiger partial charge on any atom is -0.481 e. The molecule has 12 heavy (non-hydrogen) atoms. The Hall–Kier alpha value is -1.19. The van der Waals surface area contributed by atoms with Gasteiger partial charge in [0.05, 0.1) is 7.11 Å². The van der Waals surface area contributed by atoms with Crippen LogP contribution in [0.4, 0.5) is 8.78 Å². The third-order valence-corrected chi connectivity index (χ3v) is 1.40. The fourth-order valence-corrected chi connectivity index (χ4v) is 0.867. The molecule has 0 aromatic carbocycles. The van der Waals surface area contributed by atoms with Crippen molar-refractivity contribution in [2.24, 2.45) is 0 Å².